The fraction of sp³-hybridized carbons (Fsp3) is 0.533. The van der Waals surface area contributed by atoms with E-state index in [1.165, 1.54) is 0 Å². The van der Waals surface area contributed by atoms with Gasteiger partial charge in [0.2, 0.25) is 15.9 Å². The Morgan fingerprint density at radius 1 is 1.29 bits per heavy atom. The zero-order chi connectivity index (χ0) is 15.5. The lowest BCUT2D eigenvalue weighted by Gasteiger charge is -2.32. The van der Waals surface area contributed by atoms with Crippen LogP contribution in [0.1, 0.15) is 39.5 Å². The second kappa shape index (κ2) is 6.58. The first-order valence-electron chi connectivity index (χ1n) is 7.37. The van der Waals surface area contributed by atoms with E-state index in [1.54, 1.807) is 35.5 Å². The normalized spacial score (nSPS) is 20.2. The molecule has 6 heteroatoms. The van der Waals surface area contributed by atoms with Crippen molar-refractivity contribution in [3.63, 3.8) is 0 Å². The third-order valence-electron chi connectivity index (χ3n) is 3.81. The van der Waals surface area contributed by atoms with Gasteiger partial charge in [0.05, 0.1) is 4.90 Å². The van der Waals surface area contributed by atoms with Gasteiger partial charge in [0.15, 0.2) is 0 Å². The molecule has 1 aliphatic heterocycles. The molecule has 0 aromatic heterocycles. The monoisotopic (exact) mass is 310 g/mol. The van der Waals surface area contributed by atoms with Crippen LogP contribution in [0, 0.1) is 0 Å². The van der Waals surface area contributed by atoms with Gasteiger partial charge in [-0.25, -0.2) is 8.42 Å². The van der Waals surface area contributed by atoms with Gasteiger partial charge < -0.3 is 5.32 Å². The van der Waals surface area contributed by atoms with Crippen molar-refractivity contribution in [3.05, 3.63) is 24.3 Å². The minimum atomic E-state index is -3.44. The number of sulfonamides is 1. The Kier molecular flexibility index (Phi) is 5.00. The maximum absolute atomic E-state index is 12.6. The topological polar surface area (TPSA) is 66.5 Å². The Labute approximate surface area is 126 Å². The van der Waals surface area contributed by atoms with Gasteiger partial charge in [0.1, 0.15) is 0 Å². The molecule has 116 valence electrons. The van der Waals surface area contributed by atoms with Gasteiger partial charge in [-0.15, -0.1) is 0 Å². The molecule has 21 heavy (non-hydrogen) atoms. The highest BCUT2D eigenvalue weighted by atomic mass is 32.2. The number of hydrogen-bond donors (Lipinski definition) is 1. The van der Waals surface area contributed by atoms with Gasteiger partial charge in [-0.3, -0.25) is 4.79 Å². The summed E-state index contributed by atoms with van der Waals surface area (Å²) in [7, 11) is -3.44. The van der Waals surface area contributed by atoms with E-state index in [-0.39, 0.29) is 16.8 Å². The van der Waals surface area contributed by atoms with Crippen LogP contribution in [-0.4, -0.2) is 31.2 Å². The van der Waals surface area contributed by atoms with Crippen molar-refractivity contribution >= 4 is 21.6 Å². The molecule has 1 heterocycles. The standard InChI is InChI=1S/C15H22N2O3S/c1-3-15(18)16-13-7-9-14(10-8-13)21(19,20)17-11-5-4-6-12(17)2/h7-10,12H,3-6,11H2,1-2H3,(H,16,18)/t12-/m1/s1. The molecule has 0 unspecified atom stereocenters. The summed E-state index contributed by atoms with van der Waals surface area (Å²) in [6.45, 7) is 4.30. The molecule has 0 bridgehead atoms. The van der Waals surface area contributed by atoms with Crippen LogP contribution in [0.2, 0.25) is 0 Å². The molecular weight excluding hydrogens is 288 g/mol. The largest absolute Gasteiger partial charge is 0.326 e. The lowest BCUT2D eigenvalue weighted by atomic mass is 10.1. The number of benzene rings is 1. The first kappa shape index (κ1) is 16.0. The predicted octanol–water partition coefficient (Wildman–Crippen LogP) is 2.60. The first-order chi connectivity index (χ1) is 9.95. The lowest BCUT2D eigenvalue weighted by molar-refractivity contribution is -0.115. The quantitative estimate of drug-likeness (QED) is 0.929. The van der Waals surface area contributed by atoms with Crippen molar-refractivity contribution in [2.24, 2.45) is 0 Å². The maximum Gasteiger partial charge on any atom is 0.243 e. The van der Waals surface area contributed by atoms with E-state index in [0.29, 0.717) is 18.7 Å². The minimum Gasteiger partial charge on any atom is -0.326 e. The predicted molar refractivity (Wildman–Crippen MR) is 82.6 cm³/mol. The molecule has 0 aliphatic carbocycles. The zero-order valence-electron chi connectivity index (χ0n) is 12.5. The smallest absolute Gasteiger partial charge is 0.243 e. The van der Waals surface area contributed by atoms with E-state index in [4.69, 9.17) is 0 Å². The van der Waals surface area contributed by atoms with E-state index in [2.05, 4.69) is 5.32 Å². The fourth-order valence-electron chi connectivity index (χ4n) is 2.52. The molecule has 0 saturated carbocycles. The number of hydrogen-bond acceptors (Lipinski definition) is 3. The van der Waals surface area contributed by atoms with E-state index in [1.807, 2.05) is 6.92 Å². The fourth-order valence-corrected chi connectivity index (χ4v) is 4.22. The van der Waals surface area contributed by atoms with Crippen LogP contribution >= 0.6 is 0 Å². The highest BCUT2D eigenvalue weighted by molar-refractivity contribution is 7.89. The number of carbonyl (C=O) groups is 1. The number of rotatable bonds is 4. The lowest BCUT2D eigenvalue weighted by Crippen LogP contribution is -2.41. The summed E-state index contributed by atoms with van der Waals surface area (Å²) in [5.41, 5.74) is 0.618. The van der Waals surface area contributed by atoms with Gasteiger partial charge in [-0.05, 0) is 44.0 Å². The summed E-state index contributed by atoms with van der Waals surface area (Å²) in [6.07, 6.45) is 3.29. The Hall–Kier alpha value is -1.40. The van der Waals surface area contributed by atoms with Crippen LogP contribution in [0.5, 0.6) is 0 Å². The van der Waals surface area contributed by atoms with Crippen LogP contribution in [0.15, 0.2) is 29.2 Å². The summed E-state index contributed by atoms with van der Waals surface area (Å²) in [4.78, 5) is 11.6. The number of piperidine rings is 1. The van der Waals surface area contributed by atoms with Gasteiger partial charge >= 0.3 is 0 Å². The van der Waals surface area contributed by atoms with E-state index in [9.17, 15) is 13.2 Å². The number of anilines is 1. The van der Waals surface area contributed by atoms with Gasteiger partial charge in [-0.1, -0.05) is 13.3 Å². The van der Waals surface area contributed by atoms with Crippen molar-refractivity contribution < 1.29 is 13.2 Å². The van der Waals surface area contributed by atoms with Crippen LogP contribution in [0.25, 0.3) is 0 Å². The second-order valence-corrected chi connectivity index (χ2v) is 7.28. The Balaban J connectivity index is 2.18. The van der Waals surface area contributed by atoms with Crippen molar-refractivity contribution in [2.75, 3.05) is 11.9 Å². The molecular formula is C15H22N2O3S. The minimum absolute atomic E-state index is 0.0446. The number of amides is 1. The van der Waals surface area contributed by atoms with E-state index >= 15 is 0 Å². The molecule has 1 aromatic carbocycles. The Bertz CT molecular complexity index is 596. The van der Waals surface area contributed by atoms with Gasteiger partial charge in [0.25, 0.3) is 0 Å². The highest BCUT2D eigenvalue weighted by Gasteiger charge is 2.30. The molecule has 0 spiro atoms. The molecule has 1 aliphatic rings. The molecule has 1 saturated heterocycles. The summed E-state index contributed by atoms with van der Waals surface area (Å²) in [5.74, 6) is -0.0877. The number of carbonyl (C=O) groups excluding carboxylic acids is 1. The first-order valence-corrected chi connectivity index (χ1v) is 8.81. The average Bonchev–Trinajstić information content (AvgIpc) is 2.48. The summed E-state index contributed by atoms with van der Waals surface area (Å²) in [5, 5.41) is 2.71. The molecule has 0 radical (unpaired) electrons. The third kappa shape index (κ3) is 3.63. The molecule has 1 fully saturated rings. The average molecular weight is 310 g/mol. The van der Waals surface area contributed by atoms with Crippen LogP contribution in [-0.2, 0) is 14.8 Å². The Morgan fingerprint density at radius 3 is 2.52 bits per heavy atom. The molecule has 1 amide bonds. The van der Waals surface area contributed by atoms with Gasteiger partial charge in [0, 0.05) is 24.7 Å². The van der Waals surface area contributed by atoms with Gasteiger partial charge in [-0.2, -0.15) is 4.31 Å². The Morgan fingerprint density at radius 2 is 1.95 bits per heavy atom. The number of nitrogens with one attached hydrogen (secondary N) is 1. The van der Waals surface area contributed by atoms with Crippen molar-refractivity contribution in [1.29, 1.82) is 0 Å². The molecule has 5 nitrogen and oxygen atoms in total. The van der Waals surface area contributed by atoms with Crippen molar-refractivity contribution in [1.82, 2.24) is 4.31 Å². The maximum atomic E-state index is 12.6. The molecule has 1 N–H and O–H groups in total. The molecule has 2 rings (SSSR count). The van der Waals surface area contributed by atoms with Crippen LogP contribution < -0.4 is 5.32 Å². The molecule has 1 atom stereocenters. The van der Waals surface area contributed by atoms with E-state index < -0.39 is 10.0 Å². The summed E-state index contributed by atoms with van der Waals surface area (Å²) in [6, 6.07) is 6.43. The van der Waals surface area contributed by atoms with Crippen molar-refractivity contribution in [3.8, 4) is 0 Å². The third-order valence-corrected chi connectivity index (χ3v) is 5.84. The summed E-state index contributed by atoms with van der Waals surface area (Å²) < 4.78 is 26.8. The van der Waals surface area contributed by atoms with E-state index in [0.717, 1.165) is 19.3 Å². The highest BCUT2D eigenvalue weighted by Crippen LogP contribution is 2.25. The zero-order valence-corrected chi connectivity index (χ0v) is 13.3. The SMILES string of the molecule is CCC(=O)Nc1ccc(S(=O)(=O)N2CCCC[C@H]2C)cc1. The van der Waals surface area contributed by atoms with Crippen LogP contribution in [0.4, 0.5) is 5.69 Å². The van der Waals surface area contributed by atoms with Crippen molar-refractivity contribution in [2.45, 2.75) is 50.5 Å². The summed E-state index contributed by atoms with van der Waals surface area (Å²) >= 11 is 0. The van der Waals surface area contributed by atoms with Crippen LogP contribution in [0.3, 0.4) is 0 Å². The second-order valence-electron chi connectivity index (χ2n) is 5.39. The molecule has 1 aromatic rings. The number of nitrogens with zero attached hydrogens (tertiary/aromatic N) is 1.